The van der Waals surface area contributed by atoms with E-state index in [1.165, 1.54) is 98.8 Å². The summed E-state index contributed by atoms with van der Waals surface area (Å²) in [5.74, 6) is 0. The van der Waals surface area contributed by atoms with Crippen molar-refractivity contribution in [1.82, 2.24) is 0 Å². The molecule has 55 heavy (non-hydrogen) atoms. The fourth-order valence-corrected chi connectivity index (χ4v) is 9.23. The van der Waals surface area contributed by atoms with Gasteiger partial charge in [-0.05, 0) is 173 Å². The first-order chi connectivity index (χ1) is 26.0. The van der Waals surface area contributed by atoms with Gasteiger partial charge in [-0.15, -0.1) is 0 Å². The molecule has 0 saturated carbocycles. The lowest BCUT2D eigenvalue weighted by atomic mass is 9.55. The molecule has 1 nitrogen and oxygen atoms in total. The summed E-state index contributed by atoms with van der Waals surface area (Å²) < 4.78 is 0. The van der Waals surface area contributed by atoms with Gasteiger partial charge in [-0.1, -0.05) is 133 Å². The van der Waals surface area contributed by atoms with Crippen LogP contribution in [0.3, 0.4) is 0 Å². The Morgan fingerprint density at radius 2 is 0.764 bits per heavy atom. The number of fused-ring (bicyclic) bond motifs is 9. The molecule has 0 bridgehead atoms. The Bertz CT molecular complexity index is 2760. The predicted octanol–water partition coefficient (Wildman–Crippen LogP) is 15.5. The second-order valence-corrected chi connectivity index (χ2v) is 18.6. The van der Waals surface area contributed by atoms with Crippen LogP contribution in [-0.2, 0) is 16.2 Å². The van der Waals surface area contributed by atoms with Crippen LogP contribution in [-0.4, -0.2) is 0 Å². The van der Waals surface area contributed by atoms with Crippen LogP contribution in [0.5, 0.6) is 0 Å². The molecule has 9 rings (SSSR count). The van der Waals surface area contributed by atoms with Crippen molar-refractivity contribution in [2.24, 2.45) is 0 Å². The van der Waals surface area contributed by atoms with Crippen molar-refractivity contribution in [2.75, 3.05) is 4.90 Å². The Labute approximate surface area is 327 Å². The molecule has 0 amide bonds. The lowest BCUT2D eigenvalue weighted by Gasteiger charge is -2.49. The minimum atomic E-state index is -0.121. The average Bonchev–Trinajstić information content (AvgIpc) is 3.14. The Kier molecular flexibility index (Phi) is 7.74. The third kappa shape index (κ3) is 5.42. The number of anilines is 3. The maximum Gasteiger partial charge on any atom is 0.0468 e. The van der Waals surface area contributed by atoms with E-state index in [4.69, 9.17) is 0 Å². The molecule has 0 heterocycles. The van der Waals surface area contributed by atoms with Crippen molar-refractivity contribution in [3.63, 3.8) is 0 Å². The topological polar surface area (TPSA) is 3.24 Å². The van der Waals surface area contributed by atoms with Crippen LogP contribution >= 0.6 is 0 Å². The zero-order chi connectivity index (χ0) is 38.8. The number of hydrogen-bond donors (Lipinski definition) is 0. The standard InChI is InChI=1S/C54H53N/c1-32-24-36-12-14-38-28-41(17-21-44(38)48(36)26-34(32)3)55(42-18-22-45-39(29-42)15-13-37-25-33(2)35(4)27-49(37)45)43-19-23-47-46-20-16-40(52(5,6)7)30-50(46)53(8,9)54(10,11)51(47)31-43/h12-31H,1-11H3. The molecule has 1 aliphatic carbocycles. The highest BCUT2D eigenvalue weighted by Crippen LogP contribution is 2.55. The zero-order valence-electron chi connectivity index (χ0n) is 34.5. The highest BCUT2D eigenvalue weighted by atomic mass is 15.1. The Balaban J connectivity index is 1.27. The highest BCUT2D eigenvalue weighted by molar-refractivity contribution is 6.11. The van der Waals surface area contributed by atoms with E-state index in [0.29, 0.717) is 0 Å². The molecule has 8 aromatic rings. The van der Waals surface area contributed by atoms with Crippen molar-refractivity contribution in [1.29, 1.82) is 0 Å². The third-order valence-electron chi connectivity index (χ3n) is 13.7. The van der Waals surface area contributed by atoms with E-state index >= 15 is 0 Å². The average molecular weight is 716 g/mol. The number of hydrogen-bond acceptors (Lipinski definition) is 1. The molecule has 0 aromatic heterocycles. The van der Waals surface area contributed by atoms with Crippen LogP contribution in [0.15, 0.2) is 121 Å². The fraction of sp³-hybridized carbons (Fsp3) is 0.259. The number of aryl methyl sites for hydroxylation is 4. The van der Waals surface area contributed by atoms with Gasteiger partial charge in [0.25, 0.3) is 0 Å². The van der Waals surface area contributed by atoms with Crippen LogP contribution in [0.25, 0.3) is 54.2 Å². The summed E-state index contributed by atoms with van der Waals surface area (Å²) in [7, 11) is 0. The maximum atomic E-state index is 2.49. The van der Waals surface area contributed by atoms with Gasteiger partial charge in [-0.2, -0.15) is 0 Å². The molecule has 0 saturated heterocycles. The molecule has 1 aliphatic rings. The van der Waals surface area contributed by atoms with E-state index in [0.717, 1.165) is 11.4 Å². The van der Waals surface area contributed by atoms with Gasteiger partial charge in [-0.25, -0.2) is 0 Å². The van der Waals surface area contributed by atoms with E-state index in [2.05, 4.69) is 202 Å². The molecular formula is C54H53N. The lowest BCUT2D eigenvalue weighted by molar-refractivity contribution is 0.298. The molecule has 0 aliphatic heterocycles. The summed E-state index contributed by atoms with van der Waals surface area (Å²) in [6.45, 7) is 25.6. The molecule has 0 N–H and O–H groups in total. The smallest absolute Gasteiger partial charge is 0.0468 e. The number of nitrogens with zero attached hydrogens (tertiary/aromatic N) is 1. The SMILES string of the molecule is Cc1cc2ccc3cc(N(c4ccc5c(c4)C(C)(C)C(C)(C)c4cc(C(C)(C)C)ccc4-5)c4ccc5c(ccc6cc(C)c(C)cc65)c4)ccc3c2cc1C. The van der Waals surface area contributed by atoms with Gasteiger partial charge in [0, 0.05) is 17.1 Å². The minimum Gasteiger partial charge on any atom is -0.310 e. The Hall–Kier alpha value is -5.40. The van der Waals surface area contributed by atoms with Crippen molar-refractivity contribution >= 4 is 60.2 Å². The first-order valence-electron chi connectivity index (χ1n) is 20.0. The molecule has 0 spiro atoms. The van der Waals surface area contributed by atoms with Gasteiger partial charge in [-0.3, -0.25) is 0 Å². The molecule has 8 aromatic carbocycles. The third-order valence-corrected chi connectivity index (χ3v) is 13.7. The van der Waals surface area contributed by atoms with E-state index < -0.39 is 0 Å². The zero-order valence-corrected chi connectivity index (χ0v) is 34.5. The van der Waals surface area contributed by atoms with Gasteiger partial charge in [0.1, 0.15) is 0 Å². The molecular weight excluding hydrogens is 663 g/mol. The van der Waals surface area contributed by atoms with Crippen molar-refractivity contribution in [3.8, 4) is 11.1 Å². The minimum absolute atomic E-state index is 0.0823. The molecule has 0 unspecified atom stereocenters. The Morgan fingerprint density at radius 3 is 1.24 bits per heavy atom. The van der Waals surface area contributed by atoms with Gasteiger partial charge < -0.3 is 4.90 Å². The summed E-state index contributed by atoms with van der Waals surface area (Å²) in [5.41, 5.74) is 15.6. The second kappa shape index (κ2) is 12.0. The summed E-state index contributed by atoms with van der Waals surface area (Å²) >= 11 is 0. The van der Waals surface area contributed by atoms with Crippen molar-refractivity contribution in [3.05, 3.63) is 160 Å². The normalized spacial score (nSPS) is 14.7. The van der Waals surface area contributed by atoms with Crippen LogP contribution in [0.4, 0.5) is 17.1 Å². The number of benzene rings is 8. The van der Waals surface area contributed by atoms with E-state index in [1.54, 1.807) is 0 Å². The summed E-state index contributed by atoms with van der Waals surface area (Å²) in [6, 6.07) is 47.1. The van der Waals surface area contributed by atoms with Crippen molar-refractivity contribution < 1.29 is 0 Å². The maximum absolute atomic E-state index is 2.49. The summed E-state index contributed by atoms with van der Waals surface area (Å²) in [6.07, 6.45) is 0. The van der Waals surface area contributed by atoms with E-state index in [9.17, 15) is 0 Å². The molecule has 1 heteroatoms. The lowest BCUT2D eigenvalue weighted by Crippen LogP contribution is -2.43. The highest BCUT2D eigenvalue weighted by Gasteiger charge is 2.46. The van der Waals surface area contributed by atoms with Crippen LogP contribution in [0.1, 0.15) is 87.4 Å². The first kappa shape index (κ1) is 35.3. The van der Waals surface area contributed by atoms with Crippen LogP contribution in [0, 0.1) is 27.7 Å². The summed E-state index contributed by atoms with van der Waals surface area (Å²) in [5, 5.41) is 10.3. The van der Waals surface area contributed by atoms with E-state index in [1.807, 2.05) is 0 Å². The van der Waals surface area contributed by atoms with Crippen LogP contribution in [0.2, 0.25) is 0 Å². The van der Waals surface area contributed by atoms with Crippen molar-refractivity contribution in [2.45, 2.75) is 92.4 Å². The quantitative estimate of drug-likeness (QED) is 0.165. The number of rotatable bonds is 3. The summed E-state index contributed by atoms with van der Waals surface area (Å²) in [4.78, 5) is 2.48. The molecule has 274 valence electrons. The van der Waals surface area contributed by atoms with Gasteiger partial charge in [0.2, 0.25) is 0 Å². The second-order valence-electron chi connectivity index (χ2n) is 18.6. The molecule has 0 radical (unpaired) electrons. The van der Waals surface area contributed by atoms with Gasteiger partial charge in [0.15, 0.2) is 0 Å². The fourth-order valence-electron chi connectivity index (χ4n) is 9.23. The van der Waals surface area contributed by atoms with Crippen LogP contribution < -0.4 is 4.90 Å². The van der Waals surface area contributed by atoms with Gasteiger partial charge in [0.05, 0.1) is 0 Å². The first-order valence-corrected chi connectivity index (χ1v) is 20.0. The monoisotopic (exact) mass is 715 g/mol. The predicted molar refractivity (Wildman–Crippen MR) is 240 cm³/mol. The molecule has 0 fully saturated rings. The largest absolute Gasteiger partial charge is 0.310 e. The van der Waals surface area contributed by atoms with Gasteiger partial charge >= 0.3 is 0 Å². The van der Waals surface area contributed by atoms with E-state index in [-0.39, 0.29) is 16.2 Å². The Morgan fingerprint density at radius 1 is 0.382 bits per heavy atom. The molecule has 0 atom stereocenters.